The standard InChI is InChI=1S/C18H21NO3/c1-9-7-13(21)17-18-5-6-19(2)11(14(9)18)8-10-3-4-12(20)16(22-17)15(10)18/h3-4,9,11,14,17,20H,5-8H2,1-2H3/t9-,11?,14?,17?,18?/m0/s1. The first-order valence-electron chi connectivity index (χ1n) is 8.29. The van der Waals surface area contributed by atoms with Crippen molar-refractivity contribution in [2.75, 3.05) is 13.6 Å². The van der Waals surface area contributed by atoms with Gasteiger partial charge in [-0.1, -0.05) is 13.0 Å². The Morgan fingerprint density at radius 1 is 1.36 bits per heavy atom. The number of carbonyl (C=O) groups excluding carboxylic acids is 1. The zero-order valence-electron chi connectivity index (χ0n) is 13.0. The van der Waals surface area contributed by atoms with Gasteiger partial charge in [0.25, 0.3) is 0 Å². The summed E-state index contributed by atoms with van der Waals surface area (Å²) < 4.78 is 6.09. The van der Waals surface area contributed by atoms with Crippen LogP contribution in [0.1, 0.15) is 30.9 Å². The first kappa shape index (κ1) is 12.9. The van der Waals surface area contributed by atoms with Crippen molar-refractivity contribution in [3.63, 3.8) is 0 Å². The molecular weight excluding hydrogens is 278 g/mol. The number of likely N-dealkylation sites (N-methyl/N-ethyl adjacent to an activating group) is 1. The molecule has 1 aromatic carbocycles. The minimum Gasteiger partial charge on any atom is -0.504 e. The molecule has 0 radical (unpaired) electrons. The molecule has 1 aromatic rings. The molecule has 1 saturated heterocycles. The number of phenols is 1. The highest BCUT2D eigenvalue weighted by molar-refractivity contribution is 5.89. The summed E-state index contributed by atoms with van der Waals surface area (Å²) in [5, 5.41) is 10.3. The van der Waals surface area contributed by atoms with Crippen LogP contribution in [0.25, 0.3) is 0 Å². The summed E-state index contributed by atoms with van der Waals surface area (Å²) in [6.45, 7) is 3.22. The van der Waals surface area contributed by atoms with Gasteiger partial charge in [-0.3, -0.25) is 4.79 Å². The number of piperidine rings is 1. The van der Waals surface area contributed by atoms with Crippen molar-refractivity contribution in [2.45, 2.75) is 43.7 Å². The van der Waals surface area contributed by atoms with E-state index in [0.29, 0.717) is 30.0 Å². The number of benzene rings is 1. The SMILES string of the molecule is C[C@H]1CC(=O)C2Oc3c(O)ccc4c3C23CCN(C)C(C4)C13. The van der Waals surface area contributed by atoms with E-state index in [2.05, 4.69) is 18.9 Å². The van der Waals surface area contributed by atoms with E-state index in [1.807, 2.05) is 6.07 Å². The van der Waals surface area contributed by atoms with Gasteiger partial charge >= 0.3 is 0 Å². The van der Waals surface area contributed by atoms with Crippen LogP contribution in [0.2, 0.25) is 0 Å². The maximum Gasteiger partial charge on any atom is 0.174 e. The molecule has 22 heavy (non-hydrogen) atoms. The molecule has 4 unspecified atom stereocenters. The predicted octanol–water partition coefficient (Wildman–Crippen LogP) is 1.88. The molecule has 1 saturated carbocycles. The van der Waals surface area contributed by atoms with E-state index in [1.165, 1.54) is 5.56 Å². The summed E-state index contributed by atoms with van der Waals surface area (Å²) in [5.74, 6) is 1.83. The molecule has 0 aromatic heterocycles. The summed E-state index contributed by atoms with van der Waals surface area (Å²) in [4.78, 5) is 15.2. The summed E-state index contributed by atoms with van der Waals surface area (Å²) in [6, 6.07) is 4.24. The van der Waals surface area contributed by atoms with E-state index < -0.39 is 0 Å². The Labute approximate surface area is 130 Å². The lowest BCUT2D eigenvalue weighted by Gasteiger charge is -2.59. The number of ether oxygens (including phenoxy) is 1. The largest absolute Gasteiger partial charge is 0.504 e. The normalized spacial score (nSPS) is 42.0. The fourth-order valence-corrected chi connectivity index (χ4v) is 5.97. The smallest absolute Gasteiger partial charge is 0.174 e. The van der Waals surface area contributed by atoms with Crippen LogP contribution >= 0.6 is 0 Å². The summed E-state index contributed by atoms with van der Waals surface area (Å²) >= 11 is 0. The van der Waals surface area contributed by atoms with Crippen molar-refractivity contribution in [2.24, 2.45) is 11.8 Å². The molecule has 4 aliphatic rings. The Balaban J connectivity index is 1.84. The average Bonchev–Trinajstić information content (AvgIpc) is 2.83. The van der Waals surface area contributed by atoms with Crippen molar-refractivity contribution in [1.82, 2.24) is 4.90 Å². The number of hydrogen-bond donors (Lipinski definition) is 1. The van der Waals surface area contributed by atoms with Crippen LogP contribution in [-0.4, -0.2) is 41.5 Å². The topological polar surface area (TPSA) is 49.8 Å². The van der Waals surface area contributed by atoms with Gasteiger partial charge in [-0.05, 0) is 49.9 Å². The van der Waals surface area contributed by atoms with Crippen LogP contribution in [0, 0.1) is 11.8 Å². The van der Waals surface area contributed by atoms with Gasteiger partial charge in [0.05, 0.1) is 0 Å². The minimum atomic E-state index is -0.382. The van der Waals surface area contributed by atoms with Crippen molar-refractivity contribution in [1.29, 1.82) is 0 Å². The van der Waals surface area contributed by atoms with Crippen molar-refractivity contribution >= 4 is 5.78 Å². The first-order valence-corrected chi connectivity index (χ1v) is 8.29. The van der Waals surface area contributed by atoms with E-state index in [9.17, 15) is 9.90 Å². The monoisotopic (exact) mass is 299 g/mol. The van der Waals surface area contributed by atoms with Gasteiger partial charge in [0, 0.05) is 23.4 Å². The molecule has 2 aliphatic heterocycles. The third-order valence-electron chi connectivity index (χ3n) is 6.70. The van der Waals surface area contributed by atoms with Crippen LogP contribution < -0.4 is 4.74 Å². The number of Topliss-reactive ketones (excluding diaryl/α,β-unsaturated/α-hetero) is 1. The number of phenolic OH excluding ortho intramolecular Hbond substituents is 1. The Kier molecular flexibility index (Phi) is 2.27. The fourth-order valence-electron chi connectivity index (χ4n) is 5.97. The summed E-state index contributed by atoms with van der Waals surface area (Å²) in [7, 11) is 2.21. The predicted molar refractivity (Wildman–Crippen MR) is 81.2 cm³/mol. The molecule has 2 bridgehead atoms. The van der Waals surface area contributed by atoms with E-state index in [-0.39, 0.29) is 23.1 Å². The van der Waals surface area contributed by atoms with Crippen LogP contribution in [-0.2, 0) is 16.6 Å². The number of carbonyl (C=O) groups is 1. The van der Waals surface area contributed by atoms with E-state index in [4.69, 9.17) is 4.74 Å². The van der Waals surface area contributed by atoms with Gasteiger partial charge in [0.2, 0.25) is 0 Å². The third-order valence-corrected chi connectivity index (χ3v) is 6.70. The summed E-state index contributed by atoms with van der Waals surface area (Å²) in [5.41, 5.74) is 2.23. The van der Waals surface area contributed by atoms with Crippen LogP contribution in [0.5, 0.6) is 11.5 Å². The molecule has 0 amide bonds. The molecular formula is C18H21NO3. The number of rotatable bonds is 0. The minimum absolute atomic E-state index is 0.194. The lowest BCUT2D eigenvalue weighted by molar-refractivity contribution is -0.143. The molecule has 116 valence electrons. The quantitative estimate of drug-likeness (QED) is 0.794. The van der Waals surface area contributed by atoms with Crippen molar-refractivity contribution < 1.29 is 14.6 Å². The highest BCUT2D eigenvalue weighted by atomic mass is 16.5. The Bertz CT molecular complexity index is 700. The second kappa shape index (κ2) is 3.85. The lowest BCUT2D eigenvalue weighted by atomic mass is 9.49. The maximum absolute atomic E-state index is 12.7. The molecule has 2 aliphatic carbocycles. The maximum atomic E-state index is 12.7. The second-order valence-electron chi connectivity index (χ2n) is 7.66. The molecule has 5 atom stereocenters. The zero-order valence-corrected chi connectivity index (χ0v) is 13.0. The molecule has 2 fully saturated rings. The van der Waals surface area contributed by atoms with E-state index in [0.717, 1.165) is 24.9 Å². The zero-order chi connectivity index (χ0) is 15.2. The second-order valence-corrected chi connectivity index (χ2v) is 7.66. The molecule has 5 rings (SSSR count). The lowest BCUT2D eigenvalue weighted by Crippen LogP contribution is -2.67. The van der Waals surface area contributed by atoms with Crippen molar-refractivity contribution in [3.8, 4) is 11.5 Å². The highest BCUT2D eigenvalue weighted by Gasteiger charge is 2.67. The fraction of sp³-hybridized carbons (Fsp3) is 0.611. The number of hydrogen-bond acceptors (Lipinski definition) is 4. The highest BCUT2D eigenvalue weighted by Crippen LogP contribution is 2.64. The molecule has 4 heteroatoms. The average molecular weight is 299 g/mol. The Hall–Kier alpha value is -1.55. The number of ketones is 1. The Morgan fingerprint density at radius 2 is 2.18 bits per heavy atom. The van der Waals surface area contributed by atoms with Crippen LogP contribution in [0.3, 0.4) is 0 Å². The van der Waals surface area contributed by atoms with Gasteiger partial charge in [0.1, 0.15) is 0 Å². The molecule has 1 spiro atoms. The third kappa shape index (κ3) is 1.23. The van der Waals surface area contributed by atoms with Gasteiger partial charge < -0.3 is 14.7 Å². The van der Waals surface area contributed by atoms with Gasteiger partial charge in [0.15, 0.2) is 23.4 Å². The molecule has 2 heterocycles. The number of nitrogens with zero attached hydrogens (tertiary/aromatic N) is 1. The van der Waals surface area contributed by atoms with E-state index >= 15 is 0 Å². The van der Waals surface area contributed by atoms with Crippen LogP contribution in [0.4, 0.5) is 0 Å². The van der Waals surface area contributed by atoms with Crippen molar-refractivity contribution in [3.05, 3.63) is 23.3 Å². The first-order chi connectivity index (χ1) is 10.5. The van der Waals surface area contributed by atoms with Gasteiger partial charge in [-0.2, -0.15) is 0 Å². The van der Waals surface area contributed by atoms with Crippen LogP contribution in [0.15, 0.2) is 12.1 Å². The summed E-state index contributed by atoms with van der Waals surface area (Å²) in [6.07, 6.45) is 2.17. The number of aromatic hydroxyl groups is 1. The number of likely N-dealkylation sites (tertiary alicyclic amines) is 1. The van der Waals surface area contributed by atoms with E-state index in [1.54, 1.807) is 6.07 Å². The molecule has 1 N–H and O–H groups in total. The van der Waals surface area contributed by atoms with Gasteiger partial charge in [-0.25, -0.2) is 0 Å². The van der Waals surface area contributed by atoms with Gasteiger partial charge in [-0.15, -0.1) is 0 Å². The molecule has 4 nitrogen and oxygen atoms in total. The Morgan fingerprint density at radius 3 is 3.00 bits per heavy atom.